The fourth-order valence-corrected chi connectivity index (χ4v) is 3.59. The van der Waals surface area contributed by atoms with Gasteiger partial charge in [-0.05, 0) is 48.9 Å². The number of carbonyl (C=O) groups is 1. The quantitative estimate of drug-likeness (QED) is 0.341. The van der Waals surface area contributed by atoms with Crippen LogP contribution < -0.4 is 4.90 Å². The van der Waals surface area contributed by atoms with Crippen molar-refractivity contribution in [3.05, 3.63) is 92.7 Å². The lowest BCUT2D eigenvalue weighted by atomic mass is 10.0. The highest BCUT2D eigenvalue weighted by atomic mass is 35.5. The molecule has 0 atom stereocenters. The minimum atomic E-state index is -5.08. The van der Waals surface area contributed by atoms with Crippen LogP contribution >= 0.6 is 23.2 Å². The largest absolute Gasteiger partial charge is 0.416 e. The summed E-state index contributed by atoms with van der Waals surface area (Å²) in [7, 11) is 0. The SMILES string of the molecule is Cc1cnccc1C(=O)N(Cc1c(Cl)cccc1Cl)c1cc(C(F)(F)F)cc(C(F)(F)F)c1. The fraction of sp³-hybridized carbons (Fsp3) is 0.182. The van der Waals surface area contributed by atoms with Crippen LogP contribution in [0.1, 0.15) is 32.6 Å². The van der Waals surface area contributed by atoms with Crippen LogP contribution in [0.3, 0.4) is 0 Å². The maximum Gasteiger partial charge on any atom is 0.416 e. The summed E-state index contributed by atoms with van der Waals surface area (Å²) in [5, 5.41) is 0.185. The molecule has 1 amide bonds. The Kier molecular flexibility index (Phi) is 6.95. The fourth-order valence-electron chi connectivity index (χ4n) is 3.07. The van der Waals surface area contributed by atoms with Crippen molar-refractivity contribution in [2.45, 2.75) is 25.8 Å². The van der Waals surface area contributed by atoms with Crippen LogP contribution in [0.25, 0.3) is 0 Å². The number of hydrogen-bond acceptors (Lipinski definition) is 2. The average molecular weight is 507 g/mol. The van der Waals surface area contributed by atoms with Crippen LogP contribution in [0.4, 0.5) is 32.0 Å². The smallest absolute Gasteiger partial charge is 0.304 e. The van der Waals surface area contributed by atoms with Gasteiger partial charge in [-0.1, -0.05) is 29.3 Å². The highest BCUT2D eigenvalue weighted by Gasteiger charge is 2.38. The first-order chi connectivity index (χ1) is 15.3. The third-order valence-corrected chi connectivity index (χ3v) is 5.47. The first kappa shape index (κ1) is 24.9. The second-order valence-electron chi connectivity index (χ2n) is 7.05. The molecule has 3 aromatic rings. The Balaban J connectivity index is 2.25. The Morgan fingerprint density at radius 2 is 1.48 bits per heavy atom. The van der Waals surface area contributed by atoms with Crippen LogP contribution in [0.15, 0.2) is 54.9 Å². The van der Waals surface area contributed by atoms with Crippen molar-refractivity contribution in [1.29, 1.82) is 0 Å². The van der Waals surface area contributed by atoms with Gasteiger partial charge < -0.3 is 4.90 Å². The lowest BCUT2D eigenvalue weighted by Gasteiger charge is -2.26. The van der Waals surface area contributed by atoms with Gasteiger partial charge in [0.15, 0.2) is 0 Å². The van der Waals surface area contributed by atoms with Gasteiger partial charge in [-0.3, -0.25) is 9.78 Å². The third-order valence-electron chi connectivity index (χ3n) is 4.76. The average Bonchev–Trinajstić information content (AvgIpc) is 2.72. The van der Waals surface area contributed by atoms with E-state index in [1.165, 1.54) is 43.6 Å². The van der Waals surface area contributed by atoms with Gasteiger partial charge >= 0.3 is 12.4 Å². The number of rotatable bonds is 4. The Hall–Kier alpha value is -2.78. The zero-order valence-corrected chi connectivity index (χ0v) is 18.2. The van der Waals surface area contributed by atoms with Crippen LogP contribution in [0.5, 0.6) is 0 Å². The van der Waals surface area contributed by atoms with Gasteiger partial charge in [-0.2, -0.15) is 26.3 Å². The van der Waals surface area contributed by atoms with E-state index in [9.17, 15) is 31.1 Å². The Labute approximate surface area is 194 Å². The summed E-state index contributed by atoms with van der Waals surface area (Å²) >= 11 is 12.3. The number of nitrogens with zero attached hydrogens (tertiary/aromatic N) is 2. The molecule has 0 unspecified atom stereocenters. The van der Waals surface area contributed by atoms with Crippen molar-refractivity contribution in [3.63, 3.8) is 0 Å². The van der Waals surface area contributed by atoms with Gasteiger partial charge in [0, 0.05) is 39.3 Å². The minimum Gasteiger partial charge on any atom is -0.304 e. The molecule has 1 heterocycles. The molecule has 0 radical (unpaired) electrons. The number of carbonyl (C=O) groups excluding carboxylic acids is 1. The highest BCUT2D eigenvalue weighted by molar-refractivity contribution is 6.36. The first-order valence-corrected chi connectivity index (χ1v) is 9.99. The van der Waals surface area contributed by atoms with E-state index in [4.69, 9.17) is 23.2 Å². The second-order valence-corrected chi connectivity index (χ2v) is 7.86. The molecule has 1 aromatic heterocycles. The minimum absolute atomic E-state index is 0.00762. The molecule has 11 heteroatoms. The van der Waals surface area contributed by atoms with E-state index in [1.54, 1.807) is 0 Å². The van der Waals surface area contributed by atoms with E-state index < -0.39 is 41.6 Å². The predicted octanol–water partition coefficient (Wildman–Crippen LogP) is 7.58. The standard InChI is InChI=1S/C22H14Cl2F6N2O/c1-12-10-31-6-5-16(12)20(33)32(11-17-18(23)3-2-4-19(17)24)15-8-13(21(25,26)27)7-14(9-15)22(28,29)30/h2-10H,11H2,1H3. The molecule has 0 fully saturated rings. The summed E-state index contributed by atoms with van der Waals surface area (Å²) < 4.78 is 80.5. The van der Waals surface area contributed by atoms with E-state index in [-0.39, 0.29) is 27.2 Å². The summed E-state index contributed by atoms with van der Waals surface area (Å²) in [5.74, 6) is -0.849. The number of benzene rings is 2. The number of halogens is 8. The molecule has 33 heavy (non-hydrogen) atoms. The van der Waals surface area contributed by atoms with Crippen molar-refractivity contribution in [1.82, 2.24) is 4.98 Å². The third kappa shape index (κ3) is 5.59. The zero-order valence-electron chi connectivity index (χ0n) is 16.7. The molecule has 0 spiro atoms. The maximum atomic E-state index is 13.4. The number of aryl methyl sites for hydroxylation is 1. The summed E-state index contributed by atoms with van der Waals surface area (Å²) in [6, 6.07) is 6.67. The number of anilines is 1. The molecule has 174 valence electrons. The molecule has 0 aliphatic rings. The van der Waals surface area contributed by atoms with Gasteiger partial charge in [-0.15, -0.1) is 0 Å². The maximum absolute atomic E-state index is 13.4. The molecular formula is C22H14Cl2F6N2O. The highest BCUT2D eigenvalue weighted by Crippen LogP contribution is 2.39. The molecular weight excluding hydrogens is 493 g/mol. The van der Waals surface area contributed by atoms with Crippen LogP contribution in [0, 0.1) is 6.92 Å². The number of pyridine rings is 1. The molecule has 3 nitrogen and oxygen atoms in total. The number of hydrogen-bond donors (Lipinski definition) is 0. The molecule has 3 rings (SSSR count). The lowest BCUT2D eigenvalue weighted by Crippen LogP contribution is -2.32. The molecule has 0 saturated heterocycles. The molecule has 0 bridgehead atoms. The van der Waals surface area contributed by atoms with Gasteiger partial charge in [0.05, 0.1) is 17.7 Å². The Morgan fingerprint density at radius 3 is 1.97 bits per heavy atom. The Morgan fingerprint density at radius 1 is 0.939 bits per heavy atom. The number of amides is 1. The van der Waals surface area contributed by atoms with E-state index in [1.807, 2.05) is 0 Å². The lowest BCUT2D eigenvalue weighted by molar-refractivity contribution is -0.143. The van der Waals surface area contributed by atoms with Crippen molar-refractivity contribution in [3.8, 4) is 0 Å². The van der Waals surface area contributed by atoms with Gasteiger partial charge in [0.25, 0.3) is 5.91 Å². The van der Waals surface area contributed by atoms with Crippen LogP contribution in [-0.2, 0) is 18.9 Å². The Bertz CT molecular complexity index is 1140. The van der Waals surface area contributed by atoms with E-state index >= 15 is 0 Å². The normalized spacial score (nSPS) is 12.0. The van der Waals surface area contributed by atoms with Crippen molar-refractivity contribution < 1.29 is 31.1 Å². The molecule has 2 aromatic carbocycles. The van der Waals surface area contributed by atoms with Gasteiger partial charge in [0.2, 0.25) is 0 Å². The summed E-state index contributed by atoms with van der Waals surface area (Å²) in [4.78, 5) is 18.0. The van der Waals surface area contributed by atoms with Crippen molar-refractivity contribution in [2.75, 3.05) is 4.90 Å². The molecule has 0 aliphatic heterocycles. The molecule has 0 saturated carbocycles. The molecule has 0 aliphatic carbocycles. The monoisotopic (exact) mass is 506 g/mol. The van der Waals surface area contributed by atoms with Gasteiger partial charge in [0.1, 0.15) is 0 Å². The summed E-state index contributed by atoms with van der Waals surface area (Å²) in [5.41, 5.74) is -3.15. The first-order valence-electron chi connectivity index (χ1n) is 9.24. The van der Waals surface area contributed by atoms with Crippen LogP contribution in [0.2, 0.25) is 10.0 Å². The van der Waals surface area contributed by atoms with E-state index in [2.05, 4.69) is 4.98 Å². The summed E-state index contributed by atoms with van der Waals surface area (Å²) in [6.45, 7) is 1.06. The van der Waals surface area contributed by atoms with Gasteiger partial charge in [-0.25, -0.2) is 0 Å². The van der Waals surface area contributed by atoms with E-state index in [0.717, 1.165) is 4.90 Å². The second kappa shape index (κ2) is 9.23. The van der Waals surface area contributed by atoms with Crippen molar-refractivity contribution >= 4 is 34.8 Å². The predicted molar refractivity (Wildman–Crippen MR) is 112 cm³/mol. The van der Waals surface area contributed by atoms with E-state index in [0.29, 0.717) is 17.7 Å². The number of aromatic nitrogens is 1. The zero-order chi connectivity index (χ0) is 24.6. The van der Waals surface area contributed by atoms with Crippen LogP contribution in [-0.4, -0.2) is 10.9 Å². The molecule has 0 N–H and O–H groups in total. The number of alkyl halides is 6. The van der Waals surface area contributed by atoms with Crippen molar-refractivity contribution in [2.24, 2.45) is 0 Å². The topological polar surface area (TPSA) is 33.2 Å². The summed E-state index contributed by atoms with van der Waals surface area (Å²) in [6.07, 6.45) is -7.53.